The zero-order chi connectivity index (χ0) is 17.4. The molecule has 134 valence electrons. The lowest BCUT2D eigenvalue weighted by molar-refractivity contribution is 0.374. The molecular weight excluding hydrogens is 314 g/mol. The van der Waals surface area contributed by atoms with Crippen LogP contribution < -0.4 is 15.4 Å². The second kappa shape index (κ2) is 6.71. The highest BCUT2D eigenvalue weighted by Gasteiger charge is 2.23. The van der Waals surface area contributed by atoms with Gasteiger partial charge in [-0.15, -0.1) is 0 Å². The monoisotopic (exact) mass is 341 g/mol. The Hall–Kier alpha value is -2.01. The SMILES string of the molecule is COc1cc2c(N[C@@H]3CCCC(C)NC3)c3c(nc2cc1O)CCC3. The van der Waals surface area contributed by atoms with Gasteiger partial charge >= 0.3 is 0 Å². The molecule has 5 heteroatoms. The van der Waals surface area contributed by atoms with Crippen molar-refractivity contribution in [3.05, 3.63) is 23.4 Å². The van der Waals surface area contributed by atoms with Crippen molar-refractivity contribution in [3.8, 4) is 11.5 Å². The van der Waals surface area contributed by atoms with Gasteiger partial charge in [-0.05, 0) is 57.1 Å². The van der Waals surface area contributed by atoms with Gasteiger partial charge in [0.05, 0.1) is 12.6 Å². The predicted molar refractivity (Wildman–Crippen MR) is 101 cm³/mol. The number of aromatic hydroxyl groups is 1. The second-order valence-electron chi connectivity index (χ2n) is 7.39. The van der Waals surface area contributed by atoms with Gasteiger partial charge in [-0.2, -0.15) is 0 Å². The van der Waals surface area contributed by atoms with Crippen LogP contribution in [0.3, 0.4) is 0 Å². The fourth-order valence-electron chi connectivity index (χ4n) is 4.15. The van der Waals surface area contributed by atoms with E-state index in [0.717, 1.165) is 36.7 Å². The Morgan fingerprint density at radius 3 is 2.96 bits per heavy atom. The van der Waals surface area contributed by atoms with Crippen LogP contribution in [0.2, 0.25) is 0 Å². The van der Waals surface area contributed by atoms with E-state index >= 15 is 0 Å². The smallest absolute Gasteiger partial charge is 0.161 e. The van der Waals surface area contributed by atoms with Crippen LogP contribution in [0.1, 0.15) is 43.9 Å². The van der Waals surface area contributed by atoms with E-state index in [9.17, 15) is 5.11 Å². The molecule has 1 aliphatic heterocycles. The maximum atomic E-state index is 10.1. The third kappa shape index (κ3) is 3.13. The number of nitrogens with zero attached hydrogens (tertiary/aromatic N) is 1. The van der Waals surface area contributed by atoms with Crippen molar-refractivity contribution in [2.24, 2.45) is 0 Å². The molecule has 0 saturated carbocycles. The van der Waals surface area contributed by atoms with Gasteiger partial charge in [0.15, 0.2) is 11.5 Å². The van der Waals surface area contributed by atoms with Gasteiger partial charge in [0.2, 0.25) is 0 Å². The summed E-state index contributed by atoms with van der Waals surface area (Å²) in [6, 6.07) is 4.65. The number of aromatic nitrogens is 1. The molecule has 1 aromatic heterocycles. The van der Waals surface area contributed by atoms with E-state index in [1.807, 2.05) is 6.07 Å². The molecular formula is C20H27N3O2. The van der Waals surface area contributed by atoms with E-state index in [4.69, 9.17) is 9.72 Å². The summed E-state index contributed by atoms with van der Waals surface area (Å²) in [6.07, 6.45) is 6.88. The van der Waals surface area contributed by atoms with E-state index in [0.29, 0.717) is 17.8 Å². The number of benzene rings is 1. The normalized spacial score (nSPS) is 23.3. The lowest BCUT2D eigenvalue weighted by atomic mass is 10.0. The third-order valence-electron chi connectivity index (χ3n) is 5.56. The number of phenols is 1. The van der Waals surface area contributed by atoms with E-state index in [-0.39, 0.29) is 5.75 Å². The average molecular weight is 341 g/mol. The Bertz CT molecular complexity index is 790. The largest absolute Gasteiger partial charge is 0.504 e. The molecule has 1 fully saturated rings. The van der Waals surface area contributed by atoms with Crippen LogP contribution in [0.15, 0.2) is 12.1 Å². The lowest BCUT2D eigenvalue weighted by Crippen LogP contribution is -2.34. The fourth-order valence-corrected chi connectivity index (χ4v) is 4.15. The summed E-state index contributed by atoms with van der Waals surface area (Å²) in [5.41, 5.74) is 4.56. The van der Waals surface area contributed by atoms with Crippen LogP contribution in [0.4, 0.5) is 5.69 Å². The number of pyridine rings is 1. The van der Waals surface area contributed by atoms with Gasteiger partial charge < -0.3 is 20.5 Å². The molecule has 2 heterocycles. The van der Waals surface area contributed by atoms with Crippen LogP contribution in [0, 0.1) is 0 Å². The number of phenolic OH excluding ortho intramolecular Hbond substituents is 1. The minimum Gasteiger partial charge on any atom is -0.504 e. The molecule has 1 unspecified atom stereocenters. The number of methoxy groups -OCH3 is 1. The van der Waals surface area contributed by atoms with Crippen LogP contribution in [0.25, 0.3) is 10.9 Å². The highest BCUT2D eigenvalue weighted by Crippen LogP contribution is 2.39. The maximum Gasteiger partial charge on any atom is 0.161 e. The summed E-state index contributed by atoms with van der Waals surface area (Å²) >= 11 is 0. The van der Waals surface area contributed by atoms with Crippen molar-refractivity contribution < 1.29 is 9.84 Å². The fraction of sp³-hybridized carbons (Fsp3) is 0.550. The third-order valence-corrected chi connectivity index (χ3v) is 5.56. The van der Waals surface area contributed by atoms with Crippen molar-refractivity contribution in [2.45, 2.75) is 57.5 Å². The number of nitrogens with one attached hydrogen (secondary N) is 2. The van der Waals surface area contributed by atoms with E-state index in [2.05, 4.69) is 17.6 Å². The summed E-state index contributed by atoms with van der Waals surface area (Å²) in [4.78, 5) is 4.81. The Balaban J connectivity index is 1.77. The molecule has 2 atom stereocenters. The first-order chi connectivity index (χ1) is 12.2. The summed E-state index contributed by atoms with van der Waals surface area (Å²) < 4.78 is 5.33. The molecule has 0 bridgehead atoms. The summed E-state index contributed by atoms with van der Waals surface area (Å²) in [6.45, 7) is 3.24. The molecule has 1 aromatic carbocycles. The Morgan fingerprint density at radius 1 is 1.24 bits per heavy atom. The highest BCUT2D eigenvalue weighted by molar-refractivity contribution is 5.96. The van der Waals surface area contributed by atoms with E-state index in [1.54, 1.807) is 13.2 Å². The molecule has 0 radical (unpaired) electrons. The molecule has 0 spiro atoms. The predicted octanol–water partition coefficient (Wildman–Crippen LogP) is 3.38. The van der Waals surface area contributed by atoms with Gasteiger partial charge in [0, 0.05) is 41.5 Å². The molecule has 4 rings (SSSR count). The molecule has 1 aliphatic carbocycles. The summed E-state index contributed by atoms with van der Waals surface area (Å²) in [5, 5.41) is 18.6. The number of hydrogen-bond acceptors (Lipinski definition) is 5. The molecule has 0 amide bonds. The zero-order valence-electron chi connectivity index (χ0n) is 15.1. The van der Waals surface area contributed by atoms with Crippen LogP contribution in [-0.2, 0) is 12.8 Å². The van der Waals surface area contributed by atoms with Crippen LogP contribution in [-0.4, -0.2) is 35.8 Å². The number of anilines is 1. The molecule has 25 heavy (non-hydrogen) atoms. The number of rotatable bonds is 3. The summed E-state index contributed by atoms with van der Waals surface area (Å²) in [5.74, 6) is 0.652. The van der Waals surface area contributed by atoms with Gasteiger partial charge in [-0.3, -0.25) is 4.98 Å². The number of aryl methyl sites for hydroxylation is 1. The van der Waals surface area contributed by atoms with E-state index < -0.39 is 0 Å². The first kappa shape index (κ1) is 16.5. The Kier molecular flexibility index (Phi) is 4.42. The zero-order valence-corrected chi connectivity index (χ0v) is 15.1. The Labute approximate surface area is 148 Å². The lowest BCUT2D eigenvalue weighted by Gasteiger charge is -2.22. The molecule has 3 N–H and O–H groups in total. The molecule has 5 nitrogen and oxygen atoms in total. The van der Waals surface area contributed by atoms with Crippen molar-refractivity contribution in [3.63, 3.8) is 0 Å². The minimum absolute atomic E-state index is 0.149. The quantitative estimate of drug-likeness (QED) is 0.799. The van der Waals surface area contributed by atoms with Crippen LogP contribution in [0.5, 0.6) is 11.5 Å². The van der Waals surface area contributed by atoms with Crippen molar-refractivity contribution in [1.29, 1.82) is 0 Å². The standard InChI is InChI=1S/C20H27N3O2/c1-12-5-3-6-13(11-21-12)22-20-14-7-4-8-16(14)23-17-10-18(24)19(25-2)9-15(17)20/h9-10,12-13,21,24H,3-8,11H2,1-2H3,(H,22,23)/t12?,13-/m1/s1. The first-order valence-corrected chi connectivity index (χ1v) is 9.38. The Morgan fingerprint density at radius 2 is 2.12 bits per heavy atom. The van der Waals surface area contributed by atoms with Gasteiger partial charge in [-0.25, -0.2) is 0 Å². The van der Waals surface area contributed by atoms with Gasteiger partial charge in [0.1, 0.15) is 0 Å². The first-order valence-electron chi connectivity index (χ1n) is 9.38. The van der Waals surface area contributed by atoms with Gasteiger partial charge in [-0.1, -0.05) is 0 Å². The van der Waals surface area contributed by atoms with Crippen molar-refractivity contribution in [1.82, 2.24) is 10.3 Å². The molecule has 1 saturated heterocycles. The van der Waals surface area contributed by atoms with Crippen LogP contribution >= 0.6 is 0 Å². The second-order valence-corrected chi connectivity index (χ2v) is 7.39. The van der Waals surface area contributed by atoms with E-state index in [1.165, 1.54) is 36.2 Å². The average Bonchev–Trinajstić information content (AvgIpc) is 2.97. The highest BCUT2D eigenvalue weighted by atomic mass is 16.5. The number of ether oxygens (including phenoxy) is 1. The maximum absolute atomic E-state index is 10.1. The van der Waals surface area contributed by atoms with Crippen molar-refractivity contribution >= 4 is 16.6 Å². The molecule has 2 aliphatic rings. The van der Waals surface area contributed by atoms with Crippen molar-refractivity contribution in [2.75, 3.05) is 19.0 Å². The van der Waals surface area contributed by atoms with Gasteiger partial charge in [0.25, 0.3) is 0 Å². The molecule has 2 aromatic rings. The topological polar surface area (TPSA) is 66.4 Å². The minimum atomic E-state index is 0.149. The number of hydrogen-bond donors (Lipinski definition) is 3. The summed E-state index contributed by atoms with van der Waals surface area (Å²) in [7, 11) is 1.59. The number of fused-ring (bicyclic) bond motifs is 2.